The average Bonchev–Trinajstić information content (AvgIpc) is 2.62. The molecule has 0 saturated heterocycles. The molecule has 0 amide bonds. The fraction of sp³-hybridized carbons (Fsp3) is 0.714. The lowest BCUT2D eigenvalue weighted by molar-refractivity contribution is 0.304. The molecule has 1 N–H and O–H groups in total. The molecule has 2 atom stereocenters. The van der Waals surface area contributed by atoms with Crippen LogP contribution in [-0.2, 0) is 0 Å². The number of aromatic nitrogens is 2. The summed E-state index contributed by atoms with van der Waals surface area (Å²) in [5.74, 6) is 1.33. The Morgan fingerprint density at radius 2 is 2.16 bits per heavy atom. The van der Waals surface area contributed by atoms with Gasteiger partial charge in [-0.25, -0.2) is 0 Å². The Balaban J connectivity index is 1.97. The molecular formula is C14H22ClN3O. The zero-order valence-corrected chi connectivity index (χ0v) is 12.2. The first kappa shape index (κ1) is 14.4. The van der Waals surface area contributed by atoms with E-state index in [1.807, 2.05) is 0 Å². The Bertz CT molecular complexity index is 389. The summed E-state index contributed by atoms with van der Waals surface area (Å²) in [6.45, 7) is 2.73. The van der Waals surface area contributed by atoms with Crippen LogP contribution in [-0.4, -0.2) is 28.0 Å². The Hall–Kier alpha value is -1.03. The largest absolute Gasteiger partial charge is 0.477 e. The van der Waals surface area contributed by atoms with Crippen LogP contribution in [0.15, 0.2) is 12.4 Å². The van der Waals surface area contributed by atoms with Crippen LogP contribution in [0.1, 0.15) is 45.4 Å². The molecular weight excluding hydrogens is 262 g/mol. The molecule has 1 saturated carbocycles. The molecule has 4 nitrogen and oxygen atoms in total. The third-order valence-electron chi connectivity index (χ3n) is 3.33. The van der Waals surface area contributed by atoms with Crippen LogP contribution >= 0.6 is 11.6 Å². The lowest BCUT2D eigenvalue weighted by Gasteiger charge is -2.21. The second-order valence-corrected chi connectivity index (χ2v) is 5.56. The van der Waals surface area contributed by atoms with Crippen LogP contribution in [0, 0.1) is 0 Å². The Morgan fingerprint density at radius 3 is 3.00 bits per heavy atom. The molecule has 1 heterocycles. The zero-order valence-electron chi connectivity index (χ0n) is 11.4. The maximum absolute atomic E-state index is 6.42. The molecule has 1 fully saturated rings. The number of nitrogens with zero attached hydrogens (tertiary/aromatic N) is 2. The average molecular weight is 284 g/mol. The highest BCUT2D eigenvalue weighted by atomic mass is 35.5. The van der Waals surface area contributed by atoms with Gasteiger partial charge in [-0.1, -0.05) is 26.2 Å². The van der Waals surface area contributed by atoms with Gasteiger partial charge < -0.3 is 10.1 Å². The summed E-state index contributed by atoms with van der Waals surface area (Å²) in [6, 6.07) is 0.278. The minimum absolute atomic E-state index is 0.171. The molecule has 106 valence electrons. The van der Waals surface area contributed by atoms with Gasteiger partial charge in [-0.05, 0) is 19.3 Å². The van der Waals surface area contributed by atoms with E-state index in [2.05, 4.69) is 22.2 Å². The van der Waals surface area contributed by atoms with E-state index in [-0.39, 0.29) is 11.4 Å². The fourth-order valence-electron chi connectivity index (χ4n) is 2.31. The standard InChI is InChI=1S/C14H22ClN3O/c1-2-8-19-14-10-16-9-13(18-14)17-12-7-5-3-4-6-11(12)15/h9-12H,2-8H2,1H3,(H,17,18). The summed E-state index contributed by atoms with van der Waals surface area (Å²) in [5, 5.41) is 3.57. The van der Waals surface area contributed by atoms with Crippen molar-refractivity contribution >= 4 is 17.4 Å². The summed E-state index contributed by atoms with van der Waals surface area (Å²) in [6.07, 6.45) is 10.2. The quantitative estimate of drug-likeness (QED) is 0.662. The molecule has 5 heteroatoms. The van der Waals surface area contributed by atoms with Crippen LogP contribution in [0.25, 0.3) is 0 Å². The number of ether oxygens (including phenoxy) is 1. The normalized spacial score (nSPS) is 23.7. The summed E-state index contributed by atoms with van der Waals surface area (Å²) in [5.41, 5.74) is 0. The van der Waals surface area contributed by atoms with E-state index in [4.69, 9.17) is 16.3 Å². The molecule has 1 aromatic heterocycles. The van der Waals surface area contributed by atoms with E-state index < -0.39 is 0 Å². The zero-order chi connectivity index (χ0) is 13.5. The van der Waals surface area contributed by atoms with Gasteiger partial charge in [0.2, 0.25) is 5.88 Å². The van der Waals surface area contributed by atoms with Gasteiger partial charge in [-0.2, -0.15) is 4.98 Å². The highest BCUT2D eigenvalue weighted by molar-refractivity contribution is 6.21. The summed E-state index contributed by atoms with van der Waals surface area (Å²) in [7, 11) is 0. The van der Waals surface area contributed by atoms with Crippen molar-refractivity contribution in [3.63, 3.8) is 0 Å². The van der Waals surface area contributed by atoms with Crippen LogP contribution in [0.5, 0.6) is 5.88 Å². The highest BCUT2D eigenvalue weighted by Gasteiger charge is 2.21. The van der Waals surface area contributed by atoms with E-state index in [9.17, 15) is 0 Å². The van der Waals surface area contributed by atoms with Crippen molar-refractivity contribution in [1.82, 2.24) is 9.97 Å². The number of halogens is 1. The van der Waals surface area contributed by atoms with Crippen molar-refractivity contribution in [2.75, 3.05) is 11.9 Å². The number of hydrogen-bond acceptors (Lipinski definition) is 4. The van der Waals surface area contributed by atoms with Crippen molar-refractivity contribution in [3.05, 3.63) is 12.4 Å². The highest BCUT2D eigenvalue weighted by Crippen LogP contribution is 2.25. The molecule has 19 heavy (non-hydrogen) atoms. The number of rotatable bonds is 5. The predicted molar refractivity (Wildman–Crippen MR) is 78.0 cm³/mol. The van der Waals surface area contributed by atoms with E-state index in [1.165, 1.54) is 19.3 Å². The summed E-state index contributed by atoms with van der Waals surface area (Å²) >= 11 is 6.42. The minimum Gasteiger partial charge on any atom is -0.477 e. The van der Waals surface area contributed by atoms with Crippen molar-refractivity contribution in [2.24, 2.45) is 0 Å². The van der Waals surface area contributed by atoms with E-state index in [1.54, 1.807) is 12.4 Å². The van der Waals surface area contributed by atoms with Crippen molar-refractivity contribution in [2.45, 2.75) is 56.9 Å². The fourth-order valence-corrected chi connectivity index (χ4v) is 2.65. The summed E-state index contributed by atoms with van der Waals surface area (Å²) in [4.78, 5) is 8.57. The molecule has 1 aliphatic rings. The smallest absolute Gasteiger partial charge is 0.234 e. The van der Waals surface area contributed by atoms with Crippen molar-refractivity contribution in [1.29, 1.82) is 0 Å². The SMILES string of the molecule is CCCOc1cncc(NC2CCCCCC2Cl)n1. The van der Waals surface area contributed by atoms with E-state index >= 15 is 0 Å². The first-order valence-electron chi connectivity index (χ1n) is 7.15. The van der Waals surface area contributed by atoms with Gasteiger partial charge >= 0.3 is 0 Å². The van der Waals surface area contributed by atoms with Crippen molar-refractivity contribution in [3.8, 4) is 5.88 Å². The minimum atomic E-state index is 0.171. The van der Waals surface area contributed by atoms with Gasteiger partial charge in [0, 0.05) is 6.04 Å². The molecule has 0 aliphatic heterocycles. The van der Waals surface area contributed by atoms with Gasteiger partial charge in [0.1, 0.15) is 5.82 Å². The number of anilines is 1. The maximum Gasteiger partial charge on any atom is 0.234 e. The van der Waals surface area contributed by atoms with Gasteiger partial charge in [0.05, 0.1) is 24.4 Å². The topological polar surface area (TPSA) is 47.0 Å². The first-order valence-corrected chi connectivity index (χ1v) is 7.58. The molecule has 0 bridgehead atoms. The second kappa shape index (κ2) is 7.53. The van der Waals surface area contributed by atoms with Crippen LogP contribution < -0.4 is 10.1 Å². The summed E-state index contributed by atoms with van der Waals surface area (Å²) < 4.78 is 5.49. The second-order valence-electron chi connectivity index (χ2n) is 5.00. The number of alkyl halides is 1. The molecule has 2 rings (SSSR count). The predicted octanol–water partition coefficient (Wildman–Crippen LogP) is 3.62. The van der Waals surface area contributed by atoms with Crippen LogP contribution in [0.4, 0.5) is 5.82 Å². The monoisotopic (exact) mass is 283 g/mol. The van der Waals surface area contributed by atoms with Gasteiger partial charge in [-0.3, -0.25) is 4.98 Å². The third kappa shape index (κ3) is 4.53. The molecule has 0 spiro atoms. The van der Waals surface area contributed by atoms with Crippen LogP contribution in [0.2, 0.25) is 0 Å². The molecule has 0 radical (unpaired) electrons. The van der Waals surface area contributed by atoms with Crippen molar-refractivity contribution < 1.29 is 4.74 Å². The Labute approximate surface area is 119 Å². The molecule has 1 aliphatic carbocycles. The number of hydrogen-bond donors (Lipinski definition) is 1. The number of nitrogens with one attached hydrogen (secondary N) is 1. The molecule has 2 unspecified atom stereocenters. The first-order chi connectivity index (χ1) is 9.29. The van der Waals surface area contributed by atoms with Crippen LogP contribution in [0.3, 0.4) is 0 Å². The van der Waals surface area contributed by atoms with Gasteiger partial charge in [0.15, 0.2) is 0 Å². The van der Waals surface area contributed by atoms with Gasteiger partial charge in [-0.15, -0.1) is 11.6 Å². The van der Waals surface area contributed by atoms with Gasteiger partial charge in [0.25, 0.3) is 0 Å². The van der Waals surface area contributed by atoms with E-state index in [0.717, 1.165) is 25.1 Å². The Kier molecular flexibility index (Phi) is 5.70. The molecule has 0 aromatic carbocycles. The Morgan fingerprint density at radius 1 is 1.32 bits per heavy atom. The lowest BCUT2D eigenvalue weighted by Crippen LogP contribution is -2.29. The molecule has 1 aromatic rings. The lowest BCUT2D eigenvalue weighted by atomic mass is 10.1. The third-order valence-corrected chi connectivity index (χ3v) is 3.85. The maximum atomic E-state index is 6.42. The van der Waals surface area contributed by atoms with E-state index in [0.29, 0.717) is 12.5 Å².